The Bertz CT molecular complexity index is 3100. The lowest BCUT2D eigenvalue weighted by Crippen LogP contribution is -2.33. The van der Waals surface area contributed by atoms with Gasteiger partial charge in [0.15, 0.2) is 0 Å². The zero-order valence-electron chi connectivity index (χ0n) is 29.9. The van der Waals surface area contributed by atoms with Gasteiger partial charge in [-0.3, -0.25) is 0 Å². The molecule has 1 heterocycles. The molecule has 0 radical (unpaired) electrons. The highest BCUT2D eigenvalue weighted by Crippen LogP contribution is 2.66. The van der Waals surface area contributed by atoms with Crippen molar-refractivity contribution in [3.63, 3.8) is 0 Å². The summed E-state index contributed by atoms with van der Waals surface area (Å²) in [6, 6.07) is 72.4. The average Bonchev–Trinajstić information content (AvgIpc) is 3.71. The van der Waals surface area contributed by atoms with E-state index >= 15 is 0 Å². The smallest absolute Gasteiger partial charge is 0.132 e. The Morgan fingerprint density at radius 1 is 0.273 bits per heavy atom. The summed E-state index contributed by atoms with van der Waals surface area (Å²) in [5, 5.41) is 2.62. The lowest BCUT2D eigenvalue weighted by Gasteiger charge is -2.41. The number of benzene rings is 9. The van der Waals surface area contributed by atoms with Crippen LogP contribution in [0.2, 0.25) is 0 Å². The maximum Gasteiger partial charge on any atom is 0.132 e. The van der Waals surface area contributed by atoms with E-state index in [9.17, 15) is 0 Å². The Labute approximate surface area is 319 Å². The molecule has 1 unspecified atom stereocenters. The lowest BCUT2D eigenvalue weighted by atomic mass is 9.61. The summed E-state index contributed by atoms with van der Waals surface area (Å²) < 4.78 is 6.98. The van der Waals surface area contributed by atoms with Gasteiger partial charge in [-0.25, -0.2) is 0 Å². The highest BCUT2D eigenvalue weighted by Gasteiger charge is 2.54. The standard InChI is InChI=1S/C54H32O/c1-6-25-42-34(17-1)35-18-2-7-26-43(35)54(42)45-28-9-10-31-48(45)55-49-32-14-23-39(52(49)54)38-22-13-30-47-51(38)40-20-4-8-27-44(40)53(47)41-24-5-3-19-36(41)37-21-11-15-33-16-12-29-46(53)50(33)37/h1-32H. The highest BCUT2D eigenvalue weighted by molar-refractivity contribution is 6.08. The summed E-state index contributed by atoms with van der Waals surface area (Å²) in [5.41, 5.74) is 19.5. The highest BCUT2D eigenvalue weighted by atomic mass is 16.5. The summed E-state index contributed by atoms with van der Waals surface area (Å²) in [4.78, 5) is 0. The maximum atomic E-state index is 6.98. The molecule has 2 spiro atoms. The first-order chi connectivity index (χ1) is 27.3. The van der Waals surface area contributed by atoms with Crippen LogP contribution in [0.5, 0.6) is 11.5 Å². The second-order valence-corrected chi connectivity index (χ2v) is 15.4. The largest absolute Gasteiger partial charge is 0.457 e. The van der Waals surface area contributed by atoms with Crippen LogP contribution in [-0.4, -0.2) is 0 Å². The second-order valence-electron chi connectivity index (χ2n) is 15.4. The minimum absolute atomic E-state index is 0.491. The van der Waals surface area contributed by atoms with Gasteiger partial charge in [-0.15, -0.1) is 0 Å². The number of ether oxygens (including phenoxy) is 1. The van der Waals surface area contributed by atoms with Gasteiger partial charge in [0.25, 0.3) is 0 Å². The van der Waals surface area contributed by atoms with Gasteiger partial charge in [0.05, 0.1) is 10.8 Å². The molecule has 254 valence electrons. The number of fused-ring (bicyclic) bond motifs is 18. The van der Waals surface area contributed by atoms with Crippen LogP contribution in [-0.2, 0) is 10.8 Å². The topological polar surface area (TPSA) is 9.23 Å². The van der Waals surface area contributed by atoms with Crippen molar-refractivity contribution in [1.29, 1.82) is 0 Å². The van der Waals surface area contributed by atoms with Crippen LogP contribution in [0.4, 0.5) is 0 Å². The summed E-state index contributed by atoms with van der Waals surface area (Å²) >= 11 is 0. The van der Waals surface area contributed by atoms with Crippen LogP contribution in [0.1, 0.15) is 44.5 Å². The molecule has 55 heavy (non-hydrogen) atoms. The van der Waals surface area contributed by atoms with E-state index in [1.807, 2.05) is 0 Å². The Morgan fingerprint density at radius 3 is 1.44 bits per heavy atom. The molecule has 4 aliphatic rings. The molecule has 9 aromatic rings. The van der Waals surface area contributed by atoms with Gasteiger partial charge in [0.1, 0.15) is 11.5 Å². The number of rotatable bonds is 1. The Morgan fingerprint density at radius 2 is 0.709 bits per heavy atom. The molecule has 0 saturated heterocycles. The molecule has 0 fully saturated rings. The summed E-state index contributed by atoms with van der Waals surface area (Å²) in [7, 11) is 0. The van der Waals surface area contributed by atoms with Gasteiger partial charge in [0.2, 0.25) is 0 Å². The Hall–Kier alpha value is -6.96. The van der Waals surface area contributed by atoms with E-state index < -0.39 is 10.8 Å². The van der Waals surface area contributed by atoms with E-state index in [4.69, 9.17) is 4.74 Å². The molecule has 1 heteroatoms. The monoisotopic (exact) mass is 696 g/mol. The van der Waals surface area contributed by atoms with E-state index in [2.05, 4.69) is 194 Å². The molecule has 0 aromatic heterocycles. The van der Waals surface area contributed by atoms with Crippen LogP contribution < -0.4 is 4.74 Å². The predicted molar refractivity (Wildman–Crippen MR) is 223 cm³/mol. The van der Waals surface area contributed by atoms with E-state index in [1.165, 1.54) is 99.8 Å². The van der Waals surface area contributed by atoms with E-state index in [0.717, 1.165) is 11.5 Å². The molecule has 0 saturated carbocycles. The first kappa shape index (κ1) is 29.5. The Balaban J connectivity index is 1.18. The van der Waals surface area contributed by atoms with Gasteiger partial charge < -0.3 is 4.74 Å². The van der Waals surface area contributed by atoms with Crippen molar-refractivity contribution in [3.8, 4) is 56.0 Å². The first-order valence-electron chi connectivity index (χ1n) is 19.3. The van der Waals surface area contributed by atoms with Crippen molar-refractivity contribution < 1.29 is 4.74 Å². The normalized spacial score (nSPS) is 16.7. The molecule has 0 amide bonds. The average molecular weight is 697 g/mol. The zero-order chi connectivity index (χ0) is 35.9. The van der Waals surface area contributed by atoms with Gasteiger partial charge in [-0.05, 0) is 101 Å². The third kappa shape index (κ3) is 3.38. The minimum atomic E-state index is -0.575. The van der Waals surface area contributed by atoms with Crippen LogP contribution in [0.15, 0.2) is 194 Å². The Kier molecular flexibility index (Phi) is 5.56. The minimum Gasteiger partial charge on any atom is -0.457 e. The third-order valence-electron chi connectivity index (χ3n) is 13.2. The molecule has 1 atom stereocenters. The maximum absolute atomic E-state index is 6.98. The van der Waals surface area contributed by atoms with Crippen molar-refractivity contribution >= 4 is 10.8 Å². The van der Waals surface area contributed by atoms with Gasteiger partial charge in [-0.2, -0.15) is 0 Å². The fraction of sp³-hybridized carbons (Fsp3) is 0.0370. The lowest BCUT2D eigenvalue weighted by molar-refractivity contribution is 0.437. The molecular weight excluding hydrogens is 665 g/mol. The fourth-order valence-corrected chi connectivity index (χ4v) is 11.3. The van der Waals surface area contributed by atoms with Crippen molar-refractivity contribution in [2.24, 2.45) is 0 Å². The van der Waals surface area contributed by atoms with Gasteiger partial charge in [0, 0.05) is 11.1 Å². The van der Waals surface area contributed by atoms with Gasteiger partial charge in [-0.1, -0.05) is 182 Å². The molecule has 0 bridgehead atoms. The van der Waals surface area contributed by atoms with Crippen molar-refractivity contribution in [1.82, 2.24) is 0 Å². The van der Waals surface area contributed by atoms with E-state index in [-0.39, 0.29) is 0 Å². The molecular formula is C54H32O. The molecule has 1 aliphatic heterocycles. The summed E-state index contributed by atoms with van der Waals surface area (Å²) in [5.74, 6) is 1.81. The first-order valence-corrected chi connectivity index (χ1v) is 19.3. The number of hydrogen-bond acceptors (Lipinski definition) is 1. The van der Waals surface area contributed by atoms with Crippen LogP contribution in [0.25, 0.3) is 55.3 Å². The quantitative estimate of drug-likeness (QED) is 0.166. The molecule has 1 nitrogen and oxygen atoms in total. The van der Waals surface area contributed by atoms with Crippen LogP contribution in [0.3, 0.4) is 0 Å². The van der Waals surface area contributed by atoms with Crippen LogP contribution >= 0.6 is 0 Å². The van der Waals surface area contributed by atoms with E-state index in [1.54, 1.807) is 0 Å². The summed E-state index contributed by atoms with van der Waals surface area (Å²) in [6.45, 7) is 0. The van der Waals surface area contributed by atoms with Crippen LogP contribution in [0, 0.1) is 0 Å². The summed E-state index contributed by atoms with van der Waals surface area (Å²) in [6.07, 6.45) is 0. The molecule has 13 rings (SSSR count). The second kappa shape index (κ2) is 10.4. The van der Waals surface area contributed by atoms with Crippen molar-refractivity contribution in [2.75, 3.05) is 0 Å². The third-order valence-corrected chi connectivity index (χ3v) is 13.2. The SMILES string of the molecule is c1ccc2c(c1)Oc1cccc(-c3cccc4c3-c3ccccc3C43c4ccccc4-c4cccc5cccc3c45)c1C21c2ccccc2-c2ccccc21. The van der Waals surface area contributed by atoms with E-state index in [0.29, 0.717) is 0 Å². The number of hydrogen-bond donors (Lipinski definition) is 0. The van der Waals surface area contributed by atoms with Crippen molar-refractivity contribution in [2.45, 2.75) is 10.8 Å². The zero-order valence-corrected chi connectivity index (χ0v) is 29.9. The van der Waals surface area contributed by atoms with Crippen molar-refractivity contribution in [3.05, 3.63) is 239 Å². The fourth-order valence-electron chi connectivity index (χ4n) is 11.3. The molecule has 9 aromatic carbocycles. The molecule has 0 N–H and O–H groups in total. The predicted octanol–water partition coefficient (Wildman–Crippen LogP) is 13.3. The number of para-hydroxylation sites is 1. The molecule has 3 aliphatic carbocycles. The van der Waals surface area contributed by atoms with Gasteiger partial charge >= 0.3 is 0 Å².